The van der Waals surface area contributed by atoms with Gasteiger partial charge in [0.25, 0.3) is 0 Å². The summed E-state index contributed by atoms with van der Waals surface area (Å²) in [5, 5.41) is 3.53. The minimum absolute atomic E-state index is 0.0120. The molecule has 0 saturated heterocycles. The van der Waals surface area contributed by atoms with Crippen LogP contribution in [0.3, 0.4) is 0 Å². The molecule has 2 aromatic rings. The number of pyridine rings is 1. The topological polar surface area (TPSA) is 46.4 Å². The molecule has 0 aromatic carbocycles. The third-order valence-corrected chi connectivity index (χ3v) is 2.88. The lowest BCUT2D eigenvalue weighted by atomic mass is 10.3. The number of nitrogens with zero attached hydrogens (tertiary/aromatic N) is 2. The number of halogens is 1. The standard InChI is InChI=1S/C13H16ClN3O/c1-2-3-6-15-13(18)7-11-9-17-8-10(14)4-5-12(17)16-11/h4-5,8-9H,2-3,6-7H2,1H3,(H,15,18). The van der Waals surface area contributed by atoms with E-state index < -0.39 is 0 Å². The van der Waals surface area contributed by atoms with Gasteiger partial charge in [-0.2, -0.15) is 0 Å². The van der Waals surface area contributed by atoms with Crippen LogP contribution in [-0.4, -0.2) is 21.8 Å². The van der Waals surface area contributed by atoms with Gasteiger partial charge in [0.2, 0.25) is 5.91 Å². The lowest BCUT2D eigenvalue weighted by Gasteiger charge is -2.01. The molecule has 0 aliphatic rings. The maximum Gasteiger partial charge on any atom is 0.226 e. The summed E-state index contributed by atoms with van der Waals surface area (Å²) in [6.45, 7) is 2.83. The molecule has 0 atom stereocenters. The summed E-state index contributed by atoms with van der Waals surface area (Å²) in [5.74, 6) is 0.0120. The van der Waals surface area contributed by atoms with Crippen LogP contribution < -0.4 is 5.32 Å². The molecule has 0 bridgehead atoms. The fourth-order valence-electron chi connectivity index (χ4n) is 1.73. The second kappa shape index (κ2) is 5.87. The number of imidazole rings is 1. The third-order valence-electron chi connectivity index (χ3n) is 2.66. The van der Waals surface area contributed by atoms with E-state index in [4.69, 9.17) is 11.6 Å². The van der Waals surface area contributed by atoms with Crippen LogP contribution in [0.5, 0.6) is 0 Å². The van der Waals surface area contributed by atoms with Crippen molar-refractivity contribution in [3.63, 3.8) is 0 Å². The second-order valence-electron chi connectivity index (χ2n) is 4.23. The number of carbonyl (C=O) groups excluding carboxylic acids is 1. The maximum absolute atomic E-state index is 11.6. The molecule has 2 rings (SSSR count). The van der Waals surface area contributed by atoms with Crippen molar-refractivity contribution < 1.29 is 4.79 Å². The highest BCUT2D eigenvalue weighted by atomic mass is 35.5. The first-order valence-electron chi connectivity index (χ1n) is 6.09. The van der Waals surface area contributed by atoms with Gasteiger partial charge >= 0.3 is 0 Å². The molecule has 0 spiro atoms. The van der Waals surface area contributed by atoms with Crippen LogP contribution in [0.15, 0.2) is 24.5 Å². The Morgan fingerprint density at radius 3 is 3.06 bits per heavy atom. The molecule has 0 unspecified atom stereocenters. The monoisotopic (exact) mass is 265 g/mol. The van der Waals surface area contributed by atoms with Crippen LogP contribution in [0.4, 0.5) is 0 Å². The van der Waals surface area contributed by atoms with E-state index in [1.165, 1.54) is 0 Å². The molecule has 18 heavy (non-hydrogen) atoms. The zero-order chi connectivity index (χ0) is 13.0. The molecule has 1 amide bonds. The summed E-state index contributed by atoms with van der Waals surface area (Å²) in [6, 6.07) is 3.62. The minimum Gasteiger partial charge on any atom is -0.356 e. The highest BCUT2D eigenvalue weighted by Gasteiger charge is 2.07. The van der Waals surface area contributed by atoms with Crippen molar-refractivity contribution >= 4 is 23.2 Å². The van der Waals surface area contributed by atoms with Crippen LogP contribution in [0, 0.1) is 0 Å². The SMILES string of the molecule is CCCCNC(=O)Cc1cn2cc(Cl)ccc2n1. The van der Waals surface area contributed by atoms with Gasteiger partial charge in [-0.1, -0.05) is 24.9 Å². The van der Waals surface area contributed by atoms with E-state index >= 15 is 0 Å². The lowest BCUT2D eigenvalue weighted by molar-refractivity contribution is -0.120. The quantitative estimate of drug-likeness (QED) is 0.844. The molecule has 5 heteroatoms. The average Bonchev–Trinajstić information content (AvgIpc) is 2.70. The predicted octanol–water partition coefficient (Wildman–Crippen LogP) is 2.45. The van der Waals surface area contributed by atoms with Gasteiger partial charge < -0.3 is 9.72 Å². The third kappa shape index (κ3) is 3.23. The first kappa shape index (κ1) is 12.9. The normalized spacial score (nSPS) is 10.8. The smallest absolute Gasteiger partial charge is 0.226 e. The minimum atomic E-state index is 0.0120. The van der Waals surface area contributed by atoms with Crippen LogP contribution in [0.2, 0.25) is 5.02 Å². The van der Waals surface area contributed by atoms with E-state index in [1.54, 1.807) is 12.3 Å². The Bertz CT molecular complexity index is 550. The summed E-state index contributed by atoms with van der Waals surface area (Å²) < 4.78 is 1.83. The van der Waals surface area contributed by atoms with Crippen molar-refractivity contribution in [3.8, 4) is 0 Å². The van der Waals surface area contributed by atoms with E-state index in [9.17, 15) is 4.79 Å². The molecule has 2 aromatic heterocycles. The van der Waals surface area contributed by atoms with Crippen LogP contribution >= 0.6 is 11.6 Å². The van der Waals surface area contributed by atoms with E-state index in [0.717, 1.165) is 30.7 Å². The van der Waals surface area contributed by atoms with E-state index in [-0.39, 0.29) is 5.91 Å². The number of amides is 1. The Morgan fingerprint density at radius 1 is 1.44 bits per heavy atom. The average molecular weight is 266 g/mol. The second-order valence-corrected chi connectivity index (χ2v) is 4.66. The molecular weight excluding hydrogens is 250 g/mol. The van der Waals surface area contributed by atoms with E-state index in [2.05, 4.69) is 17.2 Å². The molecule has 0 radical (unpaired) electrons. The Morgan fingerprint density at radius 2 is 2.28 bits per heavy atom. The van der Waals surface area contributed by atoms with Crippen molar-refractivity contribution in [3.05, 3.63) is 35.2 Å². The first-order valence-corrected chi connectivity index (χ1v) is 6.46. The van der Waals surface area contributed by atoms with Crippen molar-refractivity contribution in [1.29, 1.82) is 0 Å². The van der Waals surface area contributed by atoms with E-state index in [1.807, 2.05) is 16.7 Å². The summed E-state index contributed by atoms with van der Waals surface area (Å²) >= 11 is 5.89. The van der Waals surface area contributed by atoms with Gasteiger partial charge in [0, 0.05) is 18.9 Å². The van der Waals surface area contributed by atoms with Gasteiger partial charge in [-0.25, -0.2) is 4.98 Å². The van der Waals surface area contributed by atoms with Gasteiger partial charge in [-0.15, -0.1) is 0 Å². The molecule has 4 nitrogen and oxygen atoms in total. The Hall–Kier alpha value is -1.55. The molecule has 2 heterocycles. The zero-order valence-corrected chi connectivity index (χ0v) is 11.1. The number of fused-ring (bicyclic) bond motifs is 1. The van der Waals surface area contributed by atoms with Gasteiger partial charge in [0.05, 0.1) is 17.1 Å². The summed E-state index contributed by atoms with van der Waals surface area (Å²) in [7, 11) is 0. The zero-order valence-electron chi connectivity index (χ0n) is 10.3. The first-order chi connectivity index (χ1) is 8.69. The van der Waals surface area contributed by atoms with Crippen molar-refractivity contribution in [2.75, 3.05) is 6.54 Å². The number of hydrogen-bond donors (Lipinski definition) is 1. The van der Waals surface area contributed by atoms with Gasteiger partial charge in [-0.3, -0.25) is 4.79 Å². The van der Waals surface area contributed by atoms with Gasteiger partial charge in [0.15, 0.2) is 0 Å². The van der Waals surface area contributed by atoms with E-state index in [0.29, 0.717) is 11.4 Å². The number of carbonyl (C=O) groups is 1. The largest absolute Gasteiger partial charge is 0.356 e. The van der Waals surface area contributed by atoms with Crippen LogP contribution in [0.1, 0.15) is 25.5 Å². The number of hydrogen-bond acceptors (Lipinski definition) is 2. The summed E-state index contributed by atoms with van der Waals surface area (Å²) in [5.41, 5.74) is 1.56. The number of aromatic nitrogens is 2. The van der Waals surface area contributed by atoms with Gasteiger partial charge in [-0.05, 0) is 18.6 Å². The molecule has 96 valence electrons. The van der Waals surface area contributed by atoms with Crippen LogP contribution in [0.25, 0.3) is 5.65 Å². The maximum atomic E-state index is 11.6. The predicted molar refractivity (Wildman–Crippen MR) is 71.8 cm³/mol. The van der Waals surface area contributed by atoms with Crippen LogP contribution in [-0.2, 0) is 11.2 Å². The molecule has 1 N–H and O–H groups in total. The van der Waals surface area contributed by atoms with Crippen molar-refractivity contribution in [1.82, 2.24) is 14.7 Å². The Kier molecular flexibility index (Phi) is 4.20. The number of nitrogens with one attached hydrogen (secondary N) is 1. The molecule has 0 fully saturated rings. The highest BCUT2D eigenvalue weighted by Crippen LogP contribution is 2.11. The number of rotatable bonds is 5. The van der Waals surface area contributed by atoms with Gasteiger partial charge in [0.1, 0.15) is 5.65 Å². The fraction of sp³-hybridized carbons (Fsp3) is 0.385. The molecular formula is C13H16ClN3O. The Labute approximate surface area is 111 Å². The molecule has 0 saturated carbocycles. The number of unbranched alkanes of at least 4 members (excludes halogenated alkanes) is 1. The summed E-state index contributed by atoms with van der Waals surface area (Å²) in [4.78, 5) is 16.0. The molecule has 0 aliphatic heterocycles. The van der Waals surface area contributed by atoms with Crippen molar-refractivity contribution in [2.24, 2.45) is 0 Å². The Balaban J connectivity index is 2.01. The summed E-state index contributed by atoms with van der Waals surface area (Å²) in [6.07, 6.45) is 6.01. The fourth-order valence-corrected chi connectivity index (χ4v) is 1.90. The molecule has 0 aliphatic carbocycles. The highest BCUT2D eigenvalue weighted by molar-refractivity contribution is 6.30. The van der Waals surface area contributed by atoms with Crippen molar-refractivity contribution in [2.45, 2.75) is 26.2 Å². The lowest BCUT2D eigenvalue weighted by Crippen LogP contribution is -2.26.